The second-order valence-electron chi connectivity index (χ2n) is 7.17. The third kappa shape index (κ3) is 3.96. The van der Waals surface area contributed by atoms with E-state index in [2.05, 4.69) is 24.3 Å². The summed E-state index contributed by atoms with van der Waals surface area (Å²) in [4.78, 5) is 0. The van der Waals surface area contributed by atoms with E-state index in [1.54, 1.807) is 11.1 Å². The first-order valence-electron chi connectivity index (χ1n) is 8.98. The minimum atomic E-state index is -0.0198. The smallest absolute Gasteiger partial charge is 1.00 e. The number of hydrogen-bond acceptors (Lipinski definition) is 0. The standard InChI is InChI=1S/2C10H13.2FH.Ti/c2*1-2-6-9(5-1)10-7-3-4-8-10;;;/h2*1,5,10H,2-4,7-8H2;2*1H;/q;;;;+2/p-2. The number of allylic oxidation sites excluding steroid dienone is 8. The molecule has 0 bridgehead atoms. The Morgan fingerprint density at radius 2 is 1.04 bits per heavy atom. The molecule has 0 heterocycles. The molecule has 23 heavy (non-hydrogen) atoms. The summed E-state index contributed by atoms with van der Waals surface area (Å²) in [6.45, 7) is 0. The fraction of sp³-hybridized carbons (Fsp3) is 0.600. The van der Waals surface area contributed by atoms with Crippen molar-refractivity contribution >= 4 is 0 Å². The minimum absolute atomic E-state index is 0. The Morgan fingerprint density at radius 3 is 1.43 bits per heavy atom. The molecular formula is C20H26F2Ti. The average Bonchev–Trinajstić information content (AvgIpc) is 3.28. The molecule has 124 valence electrons. The molecule has 0 N–H and O–H groups in total. The first kappa shape index (κ1) is 18.9. The summed E-state index contributed by atoms with van der Waals surface area (Å²) < 4.78 is 3.77. The number of halogens is 2. The Morgan fingerprint density at radius 1 is 0.652 bits per heavy atom. The average molecular weight is 352 g/mol. The molecule has 4 aliphatic carbocycles. The van der Waals surface area contributed by atoms with Crippen molar-refractivity contribution in [3.63, 3.8) is 0 Å². The van der Waals surface area contributed by atoms with E-state index in [1.807, 2.05) is 7.76 Å². The monoisotopic (exact) mass is 352 g/mol. The molecule has 0 nitrogen and oxygen atoms in total. The Kier molecular flexibility index (Phi) is 7.04. The van der Waals surface area contributed by atoms with Gasteiger partial charge in [0.15, 0.2) is 0 Å². The molecule has 2 fully saturated rings. The molecule has 0 aliphatic heterocycles. The van der Waals surface area contributed by atoms with Crippen LogP contribution >= 0.6 is 0 Å². The van der Waals surface area contributed by atoms with Crippen LogP contribution in [0.25, 0.3) is 0 Å². The van der Waals surface area contributed by atoms with Crippen LogP contribution in [0.2, 0.25) is 0 Å². The third-order valence-corrected chi connectivity index (χ3v) is 8.31. The van der Waals surface area contributed by atoms with Crippen LogP contribution in [-0.4, -0.2) is 0 Å². The van der Waals surface area contributed by atoms with Crippen LogP contribution in [0.5, 0.6) is 0 Å². The number of rotatable bonds is 4. The first-order chi connectivity index (χ1) is 10.4. The SMILES string of the molecule is C1=CC(C2CCCC2)=[C]([Ti+2][C]2=C(C3CCCC3)C=CC2)C1.[F-].[F-]. The molecule has 0 unspecified atom stereocenters. The fourth-order valence-electron chi connectivity index (χ4n) is 4.71. The maximum Gasteiger partial charge on any atom is -1.00 e. The van der Waals surface area contributed by atoms with Gasteiger partial charge >= 0.3 is 138 Å². The Balaban J connectivity index is 0.000000960. The third-order valence-electron chi connectivity index (χ3n) is 5.83. The fourth-order valence-corrected chi connectivity index (χ4v) is 7.32. The summed E-state index contributed by atoms with van der Waals surface area (Å²) in [5.74, 6) is 1.85. The van der Waals surface area contributed by atoms with Crippen molar-refractivity contribution in [2.75, 3.05) is 0 Å². The van der Waals surface area contributed by atoms with Gasteiger partial charge in [0.2, 0.25) is 0 Å². The molecular weight excluding hydrogens is 326 g/mol. The van der Waals surface area contributed by atoms with Crippen molar-refractivity contribution in [2.45, 2.75) is 64.2 Å². The normalized spacial score (nSPS) is 24.3. The Labute approximate surface area is 147 Å². The molecule has 0 saturated heterocycles. The van der Waals surface area contributed by atoms with Gasteiger partial charge in [0, 0.05) is 0 Å². The van der Waals surface area contributed by atoms with E-state index in [0.29, 0.717) is 0 Å². The summed E-state index contributed by atoms with van der Waals surface area (Å²) in [5.41, 5.74) is 3.58. The van der Waals surface area contributed by atoms with Crippen LogP contribution in [0.1, 0.15) is 64.2 Å². The van der Waals surface area contributed by atoms with Gasteiger partial charge in [-0.2, -0.15) is 0 Å². The van der Waals surface area contributed by atoms with Gasteiger partial charge in [-0.3, -0.25) is 0 Å². The topological polar surface area (TPSA) is 0 Å². The van der Waals surface area contributed by atoms with Crippen LogP contribution in [0, 0.1) is 11.8 Å². The van der Waals surface area contributed by atoms with E-state index in [-0.39, 0.29) is 28.6 Å². The molecule has 0 spiro atoms. The molecule has 0 atom stereocenters. The van der Waals surface area contributed by atoms with E-state index in [1.165, 1.54) is 64.2 Å². The van der Waals surface area contributed by atoms with Crippen molar-refractivity contribution < 1.29 is 28.6 Å². The summed E-state index contributed by atoms with van der Waals surface area (Å²) in [6.07, 6.45) is 24.2. The van der Waals surface area contributed by atoms with Gasteiger partial charge in [0.25, 0.3) is 0 Å². The molecule has 4 aliphatic rings. The van der Waals surface area contributed by atoms with E-state index < -0.39 is 0 Å². The molecule has 0 aromatic rings. The zero-order valence-electron chi connectivity index (χ0n) is 13.8. The summed E-state index contributed by atoms with van der Waals surface area (Å²) >= 11 is -0.0198. The zero-order chi connectivity index (χ0) is 14.1. The minimum Gasteiger partial charge on any atom is -1.00 e. The van der Waals surface area contributed by atoms with Crippen molar-refractivity contribution in [2.24, 2.45) is 11.8 Å². The van der Waals surface area contributed by atoms with Crippen LogP contribution < -0.4 is 9.41 Å². The van der Waals surface area contributed by atoms with Crippen molar-refractivity contribution in [1.29, 1.82) is 0 Å². The molecule has 3 heteroatoms. The van der Waals surface area contributed by atoms with E-state index >= 15 is 0 Å². The number of hydrogen-bond donors (Lipinski definition) is 0. The summed E-state index contributed by atoms with van der Waals surface area (Å²) in [6, 6.07) is 0. The quantitative estimate of drug-likeness (QED) is 0.620. The van der Waals surface area contributed by atoms with Gasteiger partial charge in [0.1, 0.15) is 0 Å². The van der Waals surface area contributed by atoms with Crippen LogP contribution in [0.15, 0.2) is 43.2 Å². The molecule has 4 rings (SSSR count). The van der Waals surface area contributed by atoms with Crippen molar-refractivity contribution in [3.05, 3.63) is 43.2 Å². The summed E-state index contributed by atoms with van der Waals surface area (Å²) in [5, 5.41) is 0. The second-order valence-corrected chi connectivity index (χ2v) is 9.44. The van der Waals surface area contributed by atoms with Gasteiger partial charge in [-0.1, -0.05) is 0 Å². The molecule has 0 radical (unpaired) electrons. The summed E-state index contributed by atoms with van der Waals surface area (Å²) in [7, 11) is 0. The predicted octanol–water partition coefficient (Wildman–Crippen LogP) is -0.115. The van der Waals surface area contributed by atoms with E-state index in [0.717, 1.165) is 11.8 Å². The molecule has 0 aromatic carbocycles. The van der Waals surface area contributed by atoms with Gasteiger partial charge in [0.05, 0.1) is 0 Å². The van der Waals surface area contributed by atoms with E-state index in [9.17, 15) is 0 Å². The predicted molar refractivity (Wildman–Crippen MR) is 85.5 cm³/mol. The maximum atomic E-state index is 2.49. The van der Waals surface area contributed by atoms with Gasteiger partial charge in [-0.05, 0) is 0 Å². The van der Waals surface area contributed by atoms with Gasteiger partial charge in [-0.15, -0.1) is 0 Å². The largest absolute Gasteiger partial charge is 1.00 e. The molecule has 0 aromatic heterocycles. The van der Waals surface area contributed by atoms with Gasteiger partial charge < -0.3 is 9.41 Å². The van der Waals surface area contributed by atoms with Crippen molar-refractivity contribution in [1.82, 2.24) is 0 Å². The Hall–Kier alpha value is -0.466. The molecule has 0 amide bonds. The van der Waals surface area contributed by atoms with Crippen LogP contribution in [-0.2, 0) is 19.2 Å². The molecule has 2 saturated carbocycles. The van der Waals surface area contributed by atoms with E-state index in [4.69, 9.17) is 0 Å². The van der Waals surface area contributed by atoms with Crippen LogP contribution in [0.3, 0.4) is 0 Å². The zero-order valence-corrected chi connectivity index (χ0v) is 15.4. The maximum absolute atomic E-state index is 2.49. The van der Waals surface area contributed by atoms with Crippen molar-refractivity contribution in [3.8, 4) is 0 Å². The first-order valence-corrected chi connectivity index (χ1v) is 10.5. The second kappa shape index (κ2) is 8.58. The Bertz CT molecular complexity index is 482. The van der Waals surface area contributed by atoms with Crippen LogP contribution in [0.4, 0.5) is 0 Å². The van der Waals surface area contributed by atoms with Gasteiger partial charge in [-0.25, -0.2) is 0 Å².